The van der Waals surface area contributed by atoms with E-state index in [0.717, 1.165) is 35.5 Å². The van der Waals surface area contributed by atoms with E-state index in [1.165, 1.54) is 0 Å². The average molecular weight is 338 g/mol. The molecule has 6 nitrogen and oxygen atoms in total. The van der Waals surface area contributed by atoms with Gasteiger partial charge in [0.25, 0.3) is 5.56 Å². The third-order valence-corrected chi connectivity index (χ3v) is 5.37. The molecule has 2 aromatic heterocycles. The Morgan fingerprint density at radius 3 is 2.76 bits per heavy atom. The van der Waals surface area contributed by atoms with Gasteiger partial charge in [-0.15, -0.1) is 0 Å². The first-order valence-electron chi connectivity index (χ1n) is 8.73. The minimum Gasteiger partial charge on any atom is -0.342 e. The second-order valence-electron chi connectivity index (χ2n) is 7.29. The molecule has 6 heteroatoms. The first-order chi connectivity index (χ1) is 11.9. The van der Waals surface area contributed by atoms with Crippen molar-refractivity contribution in [3.05, 3.63) is 45.8 Å². The van der Waals surface area contributed by atoms with Gasteiger partial charge in [-0.25, -0.2) is 9.97 Å². The van der Waals surface area contributed by atoms with Crippen LogP contribution in [0.4, 0.5) is 0 Å². The van der Waals surface area contributed by atoms with Gasteiger partial charge in [-0.05, 0) is 37.8 Å². The smallest absolute Gasteiger partial charge is 0.251 e. The Morgan fingerprint density at radius 2 is 2.00 bits per heavy atom. The van der Waals surface area contributed by atoms with Crippen LogP contribution in [0, 0.1) is 19.8 Å². The number of hydrogen-bond donors (Lipinski definition) is 0. The number of rotatable bonds is 1. The van der Waals surface area contributed by atoms with E-state index >= 15 is 0 Å². The molecule has 130 valence electrons. The topological polar surface area (TPSA) is 68.1 Å². The molecule has 1 fully saturated rings. The molecule has 2 aromatic rings. The largest absolute Gasteiger partial charge is 0.342 e. The van der Waals surface area contributed by atoms with E-state index in [1.54, 1.807) is 19.2 Å². The van der Waals surface area contributed by atoms with E-state index in [1.807, 2.05) is 23.3 Å². The van der Waals surface area contributed by atoms with Crippen LogP contribution < -0.4 is 5.56 Å². The van der Waals surface area contributed by atoms with E-state index in [-0.39, 0.29) is 17.4 Å². The van der Waals surface area contributed by atoms with Gasteiger partial charge in [-0.2, -0.15) is 0 Å². The Labute approximate surface area is 146 Å². The molecule has 4 heterocycles. The van der Waals surface area contributed by atoms with Crippen LogP contribution in [0.2, 0.25) is 0 Å². The molecule has 2 aliphatic rings. The van der Waals surface area contributed by atoms with Gasteiger partial charge in [-0.1, -0.05) is 0 Å². The zero-order valence-electron chi connectivity index (χ0n) is 14.8. The zero-order chi connectivity index (χ0) is 17.7. The summed E-state index contributed by atoms with van der Waals surface area (Å²) in [6, 6.07) is 3.77. The summed E-state index contributed by atoms with van der Waals surface area (Å²) in [4.78, 5) is 35.2. The third-order valence-electron chi connectivity index (χ3n) is 5.37. The summed E-state index contributed by atoms with van der Waals surface area (Å²) in [6.07, 6.45) is 2.83. The maximum absolute atomic E-state index is 12.7. The second kappa shape index (κ2) is 5.79. The molecule has 2 aliphatic heterocycles. The van der Waals surface area contributed by atoms with Gasteiger partial charge in [0, 0.05) is 56.0 Å². The number of aryl methyl sites for hydroxylation is 2. The highest BCUT2D eigenvalue weighted by Crippen LogP contribution is 2.36. The van der Waals surface area contributed by atoms with E-state index in [0.29, 0.717) is 24.8 Å². The number of likely N-dealkylation sites (tertiary alicyclic amines) is 1. The van der Waals surface area contributed by atoms with Crippen LogP contribution in [0.25, 0.3) is 11.3 Å². The van der Waals surface area contributed by atoms with Gasteiger partial charge in [0.1, 0.15) is 5.82 Å². The number of piperidine rings is 1. The maximum Gasteiger partial charge on any atom is 0.251 e. The van der Waals surface area contributed by atoms with Gasteiger partial charge < -0.3 is 9.47 Å². The quantitative estimate of drug-likeness (QED) is 0.796. The van der Waals surface area contributed by atoms with Gasteiger partial charge >= 0.3 is 0 Å². The van der Waals surface area contributed by atoms with Crippen LogP contribution in [0.15, 0.2) is 23.1 Å². The Kier molecular flexibility index (Phi) is 3.71. The minimum atomic E-state index is 0.0224. The Balaban J connectivity index is 1.82. The second-order valence-corrected chi connectivity index (χ2v) is 7.29. The van der Waals surface area contributed by atoms with Gasteiger partial charge in [0.15, 0.2) is 0 Å². The molecular formula is C19H22N4O2. The summed E-state index contributed by atoms with van der Waals surface area (Å²) in [7, 11) is 0. The van der Waals surface area contributed by atoms with Crippen molar-refractivity contribution < 1.29 is 4.79 Å². The van der Waals surface area contributed by atoms with Crippen LogP contribution in [0.3, 0.4) is 0 Å². The molecule has 0 aromatic carbocycles. The van der Waals surface area contributed by atoms with Crippen LogP contribution in [0.5, 0.6) is 0 Å². The van der Waals surface area contributed by atoms with Crippen molar-refractivity contribution in [2.75, 3.05) is 13.1 Å². The summed E-state index contributed by atoms with van der Waals surface area (Å²) in [6.45, 7) is 7.57. The number of nitrogens with zero attached hydrogens (tertiary/aromatic N) is 4. The van der Waals surface area contributed by atoms with E-state index in [2.05, 4.69) is 16.0 Å². The number of hydrogen-bond acceptors (Lipinski definition) is 4. The fourth-order valence-electron chi connectivity index (χ4n) is 4.18. The zero-order valence-corrected chi connectivity index (χ0v) is 14.8. The summed E-state index contributed by atoms with van der Waals surface area (Å²) < 4.78 is 1.89. The highest BCUT2D eigenvalue weighted by molar-refractivity contribution is 5.73. The monoisotopic (exact) mass is 338 g/mol. The van der Waals surface area contributed by atoms with Crippen molar-refractivity contribution in [1.82, 2.24) is 19.4 Å². The number of carbonyl (C=O) groups excluding carboxylic acids is 1. The highest BCUT2D eigenvalue weighted by Gasteiger charge is 2.35. The highest BCUT2D eigenvalue weighted by atomic mass is 16.2. The lowest BCUT2D eigenvalue weighted by atomic mass is 9.82. The van der Waals surface area contributed by atoms with Crippen LogP contribution in [-0.4, -0.2) is 38.4 Å². The molecule has 2 bridgehead atoms. The van der Waals surface area contributed by atoms with Crippen LogP contribution in [0.1, 0.15) is 36.3 Å². The van der Waals surface area contributed by atoms with Gasteiger partial charge in [-0.3, -0.25) is 9.59 Å². The first kappa shape index (κ1) is 16.0. The maximum atomic E-state index is 12.7. The van der Waals surface area contributed by atoms with Crippen molar-refractivity contribution >= 4 is 5.91 Å². The van der Waals surface area contributed by atoms with Crippen molar-refractivity contribution in [3.8, 4) is 11.3 Å². The van der Waals surface area contributed by atoms with E-state index in [4.69, 9.17) is 0 Å². The molecule has 1 saturated heterocycles. The van der Waals surface area contributed by atoms with Crippen LogP contribution >= 0.6 is 0 Å². The molecule has 0 radical (unpaired) electrons. The molecule has 0 saturated carbocycles. The van der Waals surface area contributed by atoms with Crippen LogP contribution in [-0.2, 0) is 11.3 Å². The predicted molar refractivity (Wildman–Crippen MR) is 94.3 cm³/mol. The lowest BCUT2D eigenvalue weighted by Gasteiger charge is -2.42. The summed E-state index contributed by atoms with van der Waals surface area (Å²) >= 11 is 0. The number of aromatic nitrogens is 3. The minimum absolute atomic E-state index is 0.0224. The fourth-order valence-corrected chi connectivity index (χ4v) is 4.18. The lowest BCUT2D eigenvalue weighted by Crippen LogP contribution is -2.48. The summed E-state index contributed by atoms with van der Waals surface area (Å²) in [5.74, 6) is 1.39. The average Bonchev–Trinajstić information content (AvgIpc) is 2.57. The summed E-state index contributed by atoms with van der Waals surface area (Å²) in [5, 5.41) is 0. The molecule has 4 rings (SSSR count). The molecule has 0 aliphatic carbocycles. The molecule has 0 unspecified atom stereocenters. The van der Waals surface area contributed by atoms with Crippen molar-refractivity contribution in [3.63, 3.8) is 0 Å². The molecular weight excluding hydrogens is 316 g/mol. The molecule has 0 N–H and O–H groups in total. The number of fused-ring (bicyclic) bond motifs is 4. The number of pyridine rings is 1. The van der Waals surface area contributed by atoms with E-state index < -0.39 is 0 Å². The SMILES string of the molecule is CC(=O)N1C[C@@H]2C[C@H](C1)c1cc(-c3nc(C)ncc3C)cc(=O)n1C2. The molecule has 2 atom stereocenters. The molecule has 0 spiro atoms. The Hall–Kier alpha value is -2.50. The third kappa shape index (κ3) is 2.75. The fraction of sp³-hybridized carbons (Fsp3) is 0.474. The Bertz CT molecular complexity index is 918. The lowest BCUT2D eigenvalue weighted by molar-refractivity contribution is -0.131. The molecule has 25 heavy (non-hydrogen) atoms. The number of amides is 1. The standard InChI is InChI=1S/C19H22N4O2/c1-11-7-20-12(2)21-19(11)15-5-17-16-4-14(8-22(10-16)13(3)24)9-23(17)18(25)6-15/h5-7,14,16H,4,8-10H2,1-3H3/t14-,16+/m0/s1. The normalized spacial score (nSPS) is 21.8. The first-order valence-corrected chi connectivity index (χ1v) is 8.73. The predicted octanol–water partition coefficient (Wildman–Crippen LogP) is 1.89. The van der Waals surface area contributed by atoms with Crippen molar-refractivity contribution in [1.29, 1.82) is 0 Å². The number of carbonyl (C=O) groups is 1. The van der Waals surface area contributed by atoms with Gasteiger partial charge in [0.05, 0.1) is 5.69 Å². The molecule has 1 amide bonds. The van der Waals surface area contributed by atoms with E-state index in [9.17, 15) is 9.59 Å². The summed E-state index contributed by atoms with van der Waals surface area (Å²) in [5.41, 5.74) is 3.67. The Morgan fingerprint density at radius 1 is 1.20 bits per heavy atom. The van der Waals surface area contributed by atoms with Crippen molar-refractivity contribution in [2.45, 2.75) is 39.7 Å². The van der Waals surface area contributed by atoms with Crippen molar-refractivity contribution in [2.24, 2.45) is 5.92 Å². The van der Waals surface area contributed by atoms with Gasteiger partial charge in [0.2, 0.25) is 5.91 Å².